The quantitative estimate of drug-likeness (QED) is 0.890. The highest BCUT2D eigenvalue weighted by atomic mass is 35.5. The van der Waals surface area contributed by atoms with Crippen LogP contribution in [0.5, 0.6) is 11.6 Å². The molecule has 21 heavy (non-hydrogen) atoms. The summed E-state index contributed by atoms with van der Waals surface area (Å²) in [5, 5.41) is 3.37. The first-order chi connectivity index (χ1) is 10.2. The number of amides is 1. The van der Waals surface area contributed by atoms with Gasteiger partial charge in [-0.3, -0.25) is 4.79 Å². The van der Waals surface area contributed by atoms with Crippen molar-refractivity contribution in [1.29, 1.82) is 0 Å². The second kappa shape index (κ2) is 7.50. The number of pyridine rings is 1. The molecule has 1 amide bonds. The van der Waals surface area contributed by atoms with Gasteiger partial charge in [0, 0.05) is 23.3 Å². The van der Waals surface area contributed by atoms with Crippen LogP contribution in [0.1, 0.15) is 5.56 Å². The van der Waals surface area contributed by atoms with Crippen molar-refractivity contribution in [2.45, 2.75) is 6.54 Å². The molecule has 6 heteroatoms. The topological polar surface area (TPSA) is 60.5 Å². The van der Waals surface area contributed by atoms with E-state index in [-0.39, 0.29) is 12.5 Å². The Kier molecular flexibility index (Phi) is 5.40. The van der Waals surface area contributed by atoms with Gasteiger partial charge in [0.2, 0.25) is 5.88 Å². The van der Waals surface area contributed by atoms with E-state index in [0.717, 1.165) is 5.56 Å². The molecule has 0 aliphatic heterocycles. The third kappa shape index (κ3) is 4.65. The number of carbonyl (C=O) groups excluding carboxylic acids is 1. The predicted octanol–water partition coefficient (Wildman–Crippen LogP) is 2.44. The minimum atomic E-state index is -0.226. The summed E-state index contributed by atoms with van der Waals surface area (Å²) in [5.74, 6) is 0.862. The highest BCUT2D eigenvalue weighted by Crippen LogP contribution is 2.15. The maximum atomic E-state index is 11.7. The zero-order valence-electron chi connectivity index (χ0n) is 11.5. The standard InChI is InChI=1S/C15H15ClN2O3/c1-20-15-11(3-2-8-17-15)9-18-14(19)10-21-13-6-4-12(16)5-7-13/h2-8H,9-10H2,1H3,(H,18,19). The lowest BCUT2D eigenvalue weighted by Gasteiger charge is -2.09. The Labute approximate surface area is 127 Å². The van der Waals surface area contributed by atoms with E-state index in [2.05, 4.69) is 10.3 Å². The summed E-state index contributed by atoms with van der Waals surface area (Å²) in [5.41, 5.74) is 0.805. The fraction of sp³-hybridized carbons (Fsp3) is 0.200. The first-order valence-corrected chi connectivity index (χ1v) is 6.70. The third-order valence-electron chi connectivity index (χ3n) is 2.70. The molecule has 0 saturated heterocycles. The molecule has 1 N–H and O–H groups in total. The van der Waals surface area contributed by atoms with Gasteiger partial charge in [-0.1, -0.05) is 17.7 Å². The number of rotatable bonds is 6. The van der Waals surface area contributed by atoms with Crippen molar-refractivity contribution in [2.75, 3.05) is 13.7 Å². The number of ether oxygens (including phenoxy) is 2. The van der Waals surface area contributed by atoms with Crippen LogP contribution in [-0.4, -0.2) is 24.6 Å². The van der Waals surface area contributed by atoms with Gasteiger partial charge in [0.1, 0.15) is 5.75 Å². The minimum Gasteiger partial charge on any atom is -0.484 e. The Morgan fingerprint density at radius 2 is 2.05 bits per heavy atom. The number of aromatic nitrogens is 1. The largest absolute Gasteiger partial charge is 0.484 e. The van der Waals surface area contributed by atoms with Crippen LogP contribution >= 0.6 is 11.6 Å². The van der Waals surface area contributed by atoms with Gasteiger partial charge in [0.05, 0.1) is 7.11 Å². The first kappa shape index (κ1) is 15.1. The van der Waals surface area contributed by atoms with Crippen molar-refractivity contribution >= 4 is 17.5 Å². The van der Waals surface area contributed by atoms with Crippen LogP contribution in [-0.2, 0) is 11.3 Å². The summed E-state index contributed by atoms with van der Waals surface area (Å²) < 4.78 is 10.5. The van der Waals surface area contributed by atoms with E-state index in [4.69, 9.17) is 21.1 Å². The van der Waals surface area contributed by atoms with Gasteiger partial charge in [-0.15, -0.1) is 0 Å². The summed E-state index contributed by atoms with van der Waals surface area (Å²) in [6.07, 6.45) is 1.63. The lowest BCUT2D eigenvalue weighted by molar-refractivity contribution is -0.123. The number of hydrogen-bond acceptors (Lipinski definition) is 4. The Morgan fingerprint density at radius 3 is 2.76 bits per heavy atom. The SMILES string of the molecule is COc1ncccc1CNC(=O)COc1ccc(Cl)cc1. The van der Waals surface area contributed by atoms with Crippen molar-refractivity contribution in [3.8, 4) is 11.6 Å². The summed E-state index contributed by atoms with van der Waals surface area (Å²) >= 11 is 5.77. The van der Waals surface area contributed by atoms with Crippen molar-refractivity contribution in [3.05, 3.63) is 53.2 Å². The van der Waals surface area contributed by atoms with Gasteiger partial charge in [0.15, 0.2) is 6.61 Å². The highest BCUT2D eigenvalue weighted by molar-refractivity contribution is 6.30. The molecule has 1 heterocycles. The van der Waals surface area contributed by atoms with Crippen LogP contribution in [0.4, 0.5) is 0 Å². The molecule has 0 atom stereocenters. The number of hydrogen-bond donors (Lipinski definition) is 1. The fourth-order valence-electron chi connectivity index (χ4n) is 1.67. The van der Waals surface area contributed by atoms with Crippen LogP contribution in [0.25, 0.3) is 0 Å². The second-order valence-corrected chi connectivity index (χ2v) is 4.63. The normalized spacial score (nSPS) is 10.0. The van der Waals surface area contributed by atoms with Gasteiger partial charge in [-0.05, 0) is 30.3 Å². The van der Waals surface area contributed by atoms with Crippen LogP contribution < -0.4 is 14.8 Å². The Hall–Kier alpha value is -2.27. The van der Waals surface area contributed by atoms with E-state index in [9.17, 15) is 4.79 Å². The van der Waals surface area contributed by atoms with E-state index < -0.39 is 0 Å². The molecule has 0 saturated carbocycles. The van der Waals surface area contributed by atoms with Gasteiger partial charge >= 0.3 is 0 Å². The van der Waals surface area contributed by atoms with Gasteiger partial charge < -0.3 is 14.8 Å². The lowest BCUT2D eigenvalue weighted by Crippen LogP contribution is -2.28. The van der Waals surface area contributed by atoms with Crippen LogP contribution in [0.15, 0.2) is 42.6 Å². The molecular formula is C15H15ClN2O3. The van der Waals surface area contributed by atoms with Crippen LogP contribution in [0.3, 0.4) is 0 Å². The summed E-state index contributed by atoms with van der Waals surface area (Å²) in [4.78, 5) is 15.8. The van der Waals surface area contributed by atoms with Gasteiger partial charge in [-0.2, -0.15) is 0 Å². The van der Waals surface area contributed by atoms with E-state index in [1.165, 1.54) is 7.11 Å². The summed E-state index contributed by atoms with van der Waals surface area (Å²) in [7, 11) is 1.54. The molecule has 110 valence electrons. The average molecular weight is 307 g/mol. The predicted molar refractivity (Wildman–Crippen MR) is 79.6 cm³/mol. The number of carbonyl (C=O) groups is 1. The molecule has 0 spiro atoms. The van der Waals surface area contributed by atoms with Crippen LogP contribution in [0.2, 0.25) is 5.02 Å². The first-order valence-electron chi connectivity index (χ1n) is 6.32. The van der Waals surface area contributed by atoms with Crippen molar-refractivity contribution < 1.29 is 14.3 Å². The van der Waals surface area contributed by atoms with Crippen molar-refractivity contribution in [1.82, 2.24) is 10.3 Å². The monoisotopic (exact) mass is 306 g/mol. The third-order valence-corrected chi connectivity index (χ3v) is 2.95. The molecule has 0 radical (unpaired) electrons. The number of benzene rings is 1. The van der Waals surface area contributed by atoms with Crippen molar-refractivity contribution in [2.24, 2.45) is 0 Å². The maximum absolute atomic E-state index is 11.7. The smallest absolute Gasteiger partial charge is 0.258 e. The molecule has 2 aromatic rings. The van der Waals surface area contributed by atoms with E-state index in [0.29, 0.717) is 23.2 Å². The Bertz CT molecular complexity index is 602. The van der Waals surface area contributed by atoms with Gasteiger partial charge in [0.25, 0.3) is 5.91 Å². The van der Waals surface area contributed by atoms with E-state index in [1.54, 1.807) is 36.5 Å². The molecule has 1 aromatic heterocycles. The minimum absolute atomic E-state index is 0.0653. The number of halogens is 1. The molecule has 0 aliphatic carbocycles. The van der Waals surface area contributed by atoms with Crippen molar-refractivity contribution in [3.63, 3.8) is 0 Å². The highest BCUT2D eigenvalue weighted by Gasteiger charge is 2.06. The molecule has 2 rings (SSSR count). The second-order valence-electron chi connectivity index (χ2n) is 4.19. The lowest BCUT2D eigenvalue weighted by atomic mass is 10.2. The molecule has 1 aromatic carbocycles. The molecular weight excluding hydrogens is 292 g/mol. The number of methoxy groups -OCH3 is 1. The summed E-state index contributed by atoms with van der Waals surface area (Å²) in [6, 6.07) is 10.4. The Morgan fingerprint density at radius 1 is 1.29 bits per heavy atom. The molecule has 0 unspecified atom stereocenters. The molecule has 0 fully saturated rings. The maximum Gasteiger partial charge on any atom is 0.258 e. The zero-order chi connectivity index (χ0) is 15.1. The fourth-order valence-corrected chi connectivity index (χ4v) is 1.79. The zero-order valence-corrected chi connectivity index (χ0v) is 12.3. The number of nitrogens with zero attached hydrogens (tertiary/aromatic N) is 1. The average Bonchev–Trinajstić information content (AvgIpc) is 2.52. The summed E-state index contributed by atoms with van der Waals surface area (Å²) in [6.45, 7) is 0.268. The molecule has 0 bridgehead atoms. The molecule has 5 nitrogen and oxygen atoms in total. The van der Waals surface area contributed by atoms with Gasteiger partial charge in [-0.25, -0.2) is 4.98 Å². The number of nitrogens with one attached hydrogen (secondary N) is 1. The molecule has 0 aliphatic rings. The Balaban J connectivity index is 1.81. The van der Waals surface area contributed by atoms with E-state index in [1.807, 2.05) is 6.07 Å². The van der Waals surface area contributed by atoms with Crippen LogP contribution in [0, 0.1) is 0 Å². The van der Waals surface area contributed by atoms with E-state index >= 15 is 0 Å².